The van der Waals surface area contributed by atoms with E-state index in [1.165, 1.54) is 24.7 Å². The highest BCUT2D eigenvalue weighted by molar-refractivity contribution is 8.00. The second-order valence-electron chi connectivity index (χ2n) is 7.52. The number of hydrogen-bond acceptors (Lipinski definition) is 5. The molecule has 0 aliphatic carbocycles. The average Bonchev–Trinajstić information content (AvgIpc) is 2.83. The van der Waals surface area contributed by atoms with Crippen molar-refractivity contribution in [3.05, 3.63) is 59.4 Å². The summed E-state index contributed by atoms with van der Waals surface area (Å²) in [6, 6.07) is 10.1. The number of benzene rings is 2. The Bertz CT molecular complexity index is 1100. The fraction of sp³-hybridized carbons (Fsp3) is 0.318. The lowest BCUT2D eigenvalue weighted by atomic mass is 10.1. The molecule has 1 aliphatic heterocycles. The highest BCUT2D eigenvalue weighted by Crippen LogP contribution is 2.25. The predicted molar refractivity (Wildman–Crippen MR) is 122 cm³/mol. The molecule has 2 aromatic rings. The van der Waals surface area contributed by atoms with Gasteiger partial charge in [-0.2, -0.15) is 24.9 Å². The summed E-state index contributed by atoms with van der Waals surface area (Å²) in [6.07, 6.45) is -4.90. The Morgan fingerprint density at radius 3 is 2.60 bits per heavy atom. The molecule has 35 heavy (non-hydrogen) atoms. The van der Waals surface area contributed by atoms with Gasteiger partial charge in [0.1, 0.15) is 11.6 Å². The van der Waals surface area contributed by atoms with Crippen LogP contribution in [0.4, 0.5) is 28.0 Å². The molecule has 0 aromatic heterocycles. The van der Waals surface area contributed by atoms with Crippen LogP contribution in [0.25, 0.3) is 0 Å². The summed E-state index contributed by atoms with van der Waals surface area (Å²) in [5.74, 6) is -2.92. The average molecular weight is 515 g/mol. The van der Waals surface area contributed by atoms with Crippen LogP contribution in [0, 0.1) is 5.82 Å². The van der Waals surface area contributed by atoms with Gasteiger partial charge in [-0.1, -0.05) is 12.1 Å². The highest BCUT2D eigenvalue weighted by Gasteiger charge is 2.39. The highest BCUT2D eigenvalue weighted by atomic mass is 32.2. The van der Waals surface area contributed by atoms with Gasteiger partial charge in [-0.25, -0.2) is 9.18 Å². The second kappa shape index (κ2) is 11.3. The maximum absolute atomic E-state index is 14.6. The molecule has 1 atom stereocenters. The lowest BCUT2D eigenvalue weighted by molar-refractivity contribution is -0.174. The molecule has 1 unspecified atom stereocenters. The molecule has 1 saturated heterocycles. The summed E-state index contributed by atoms with van der Waals surface area (Å²) in [6.45, 7) is 0.883. The number of amides is 4. The van der Waals surface area contributed by atoms with E-state index in [4.69, 9.17) is 4.74 Å². The van der Waals surface area contributed by atoms with Gasteiger partial charge in [0.15, 0.2) is 0 Å². The Morgan fingerprint density at radius 1 is 1.14 bits per heavy atom. The maximum atomic E-state index is 14.6. The van der Waals surface area contributed by atoms with Gasteiger partial charge in [-0.05, 0) is 36.2 Å². The molecule has 188 valence electrons. The maximum Gasteiger partial charge on any atom is 0.472 e. The molecule has 1 fully saturated rings. The molecule has 3 N–H and O–H groups in total. The van der Waals surface area contributed by atoms with Crippen LogP contribution in [0.15, 0.2) is 42.5 Å². The number of anilines is 1. The van der Waals surface area contributed by atoms with Crippen molar-refractivity contribution in [3.8, 4) is 5.75 Å². The van der Waals surface area contributed by atoms with Gasteiger partial charge in [0.2, 0.25) is 0 Å². The molecule has 1 aliphatic rings. The number of hydrogen-bond donors (Lipinski definition) is 3. The number of nitrogens with zero attached hydrogens (tertiary/aromatic N) is 1. The Kier molecular flexibility index (Phi) is 8.43. The van der Waals surface area contributed by atoms with Gasteiger partial charge in [-0.15, -0.1) is 0 Å². The van der Waals surface area contributed by atoms with Crippen molar-refractivity contribution in [1.82, 2.24) is 15.8 Å². The zero-order valence-corrected chi connectivity index (χ0v) is 19.3. The number of thioether (sulfide) groups is 1. The van der Waals surface area contributed by atoms with Crippen molar-refractivity contribution < 1.29 is 36.7 Å². The Hall–Kier alpha value is -3.48. The summed E-state index contributed by atoms with van der Waals surface area (Å²) in [5, 5.41) is 2.70. The quantitative estimate of drug-likeness (QED) is 0.420. The number of carbonyl (C=O) groups excluding carboxylic acids is 3. The standard InChI is InChI=1S/C22H22F4N4O4S/c1-34-16-4-2-3-15(11-16)27-21(33)30-7-8-35-17(12-30)9-13-5-6-14(10-18(13)23)19(31)28-29-20(32)22(24,25)26/h2-6,10-11,17H,7-9,12H2,1H3,(H,27,33)(H,28,31)(H,29,32). The molecule has 4 amide bonds. The molecule has 0 bridgehead atoms. The van der Waals surface area contributed by atoms with E-state index in [0.29, 0.717) is 30.3 Å². The van der Waals surface area contributed by atoms with E-state index >= 15 is 0 Å². The minimum Gasteiger partial charge on any atom is -0.497 e. The summed E-state index contributed by atoms with van der Waals surface area (Å²) >= 11 is 1.58. The van der Waals surface area contributed by atoms with E-state index in [9.17, 15) is 31.9 Å². The summed E-state index contributed by atoms with van der Waals surface area (Å²) in [5.41, 5.74) is 3.42. The van der Waals surface area contributed by atoms with Gasteiger partial charge < -0.3 is 15.0 Å². The Labute approximate surface area is 202 Å². The van der Waals surface area contributed by atoms with Crippen LogP contribution in [-0.4, -0.2) is 60.1 Å². The van der Waals surface area contributed by atoms with E-state index in [2.05, 4.69) is 5.32 Å². The van der Waals surface area contributed by atoms with E-state index in [1.54, 1.807) is 46.4 Å². The van der Waals surface area contributed by atoms with Crippen molar-refractivity contribution in [2.24, 2.45) is 0 Å². The smallest absolute Gasteiger partial charge is 0.472 e. The molecule has 0 radical (unpaired) electrons. The molecule has 0 spiro atoms. The molecule has 2 aromatic carbocycles. The van der Waals surface area contributed by atoms with Gasteiger partial charge in [0.05, 0.1) is 7.11 Å². The molecule has 1 heterocycles. The van der Waals surface area contributed by atoms with Crippen LogP contribution in [0.1, 0.15) is 15.9 Å². The van der Waals surface area contributed by atoms with Crippen LogP contribution in [0.2, 0.25) is 0 Å². The number of ether oxygens (including phenoxy) is 1. The third kappa shape index (κ3) is 7.25. The first-order chi connectivity index (χ1) is 16.6. The number of carbonyl (C=O) groups is 3. The second-order valence-corrected chi connectivity index (χ2v) is 8.93. The van der Waals surface area contributed by atoms with Crippen molar-refractivity contribution in [3.63, 3.8) is 0 Å². The van der Waals surface area contributed by atoms with Crippen molar-refractivity contribution >= 4 is 35.3 Å². The zero-order valence-electron chi connectivity index (χ0n) is 18.4. The number of urea groups is 1. The Balaban J connectivity index is 1.57. The molecule has 8 nitrogen and oxygen atoms in total. The lowest BCUT2D eigenvalue weighted by Crippen LogP contribution is -2.47. The third-order valence-electron chi connectivity index (χ3n) is 5.06. The topological polar surface area (TPSA) is 99.8 Å². The minimum absolute atomic E-state index is 0.111. The van der Waals surface area contributed by atoms with E-state index in [-0.39, 0.29) is 28.8 Å². The van der Waals surface area contributed by atoms with Crippen LogP contribution in [0.3, 0.4) is 0 Å². The molecule has 13 heteroatoms. The first-order valence-electron chi connectivity index (χ1n) is 10.3. The number of methoxy groups -OCH3 is 1. The largest absolute Gasteiger partial charge is 0.497 e. The summed E-state index contributed by atoms with van der Waals surface area (Å²) < 4.78 is 56.4. The Morgan fingerprint density at radius 2 is 1.91 bits per heavy atom. The van der Waals surface area contributed by atoms with Crippen LogP contribution < -0.4 is 20.9 Å². The van der Waals surface area contributed by atoms with E-state index in [0.717, 1.165) is 6.07 Å². The van der Waals surface area contributed by atoms with Gasteiger partial charge >= 0.3 is 18.1 Å². The fourth-order valence-corrected chi connectivity index (χ4v) is 4.53. The van der Waals surface area contributed by atoms with Gasteiger partial charge in [0.25, 0.3) is 5.91 Å². The number of hydrazine groups is 1. The van der Waals surface area contributed by atoms with Gasteiger partial charge in [0, 0.05) is 41.4 Å². The number of alkyl halides is 3. The summed E-state index contributed by atoms with van der Waals surface area (Å²) in [4.78, 5) is 37.0. The first kappa shape index (κ1) is 26.1. The SMILES string of the molecule is COc1cccc(NC(=O)N2CCSC(Cc3ccc(C(=O)NNC(=O)C(F)(F)F)cc3F)C2)c1. The molecular weight excluding hydrogens is 492 g/mol. The van der Waals surface area contributed by atoms with E-state index in [1.807, 2.05) is 0 Å². The predicted octanol–water partition coefficient (Wildman–Crippen LogP) is 3.35. The van der Waals surface area contributed by atoms with Gasteiger partial charge in [-0.3, -0.25) is 20.4 Å². The fourth-order valence-electron chi connectivity index (χ4n) is 3.29. The van der Waals surface area contributed by atoms with Crippen LogP contribution >= 0.6 is 11.8 Å². The molecule has 0 saturated carbocycles. The monoisotopic (exact) mass is 514 g/mol. The molecule has 3 rings (SSSR count). The lowest BCUT2D eigenvalue weighted by Gasteiger charge is -2.32. The first-order valence-corrected chi connectivity index (χ1v) is 11.4. The van der Waals surface area contributed by atoms with Crippen LogP contribution in [0.5, 0.6) is 5.75 Å². The number of halogens is 4. The number of rotatable bonds is 5. The van der Waals surface area contributed by atoms with Crippen LogP contribution in [-0.2, 0) is 11.2 Å². The van der Waals surface area contributed by atoms with Crippen molar-refractivity contribution in [2.45, 2.75) is 17.8 Å². The van der Waals surface area contributed by atoms with E-state index < -0.39 is 23.8 Å². The minimum atomic E-state index is -5.17. The van der Waals surface area contributed by atoms with Crippen molar-refractivity contribution in [1.29, 1.82) is 0 Å². The van der Waals surface area contributed by atoms with Crippen molar-refractivity contribution in [2.75, 3.05) is 31.3 Å². The molecular formula is C22H22F4N4O4S. The normalized spacial score (nSPS) is 15.8. The summed E-state index contributed by atoms with van der Waals surface area (Å²) in [7, 11) is 1.53. The third-order valence-corrected chi connectivity index (χ3v) is 6.26. The number of nitrogens with one attached hydrogen (secondary N) is 3. The zero-order chi connectivity index (χ0) is 25.6.